The molecule has 0 spiro atoms. The number of aromatic carboxylic acids is 1. The van der Waals surface area contributed by atoms with E-state index in [-0.39, 0.29) is 5.92 Å². The fraction of sp³-hybridized carbons (Fsp3) is 0.500. The van der Waals surface area contributed by atoms with E-state index in [0.717, 1.165) is 25.0 Å². The molecule has 1 aliphatic heterocycles. The predicted octanol–water partition coefficient (Wildman–Crippen LogP) is 2.34. The van der Waals surface area contributed by atoms with Crippen LogP contribution in [0.25, 0.3) is 0 Å². The third-order valence-electron chi connectivity index (χ3n) is 2.49. The van der Waals surface area contributed by atoms with Crippen LogP contribution in [0.2, 0.25) is 0 Å². The summed E-state index contributed by atoms with van der Waals surface area (Å²) in [7, 11) is 0. The van der Waals surface area contributed by atoms with Gasteiger partial charge in [-0.3, -0.25) is 0 Å². The number of ether oxygens (including phenoxy) is 1. The van der Waals surface area contributed by atoms with Crippen molar-refractivity contribution >= 4 is 17.3 Å². The second-order valence-corrected chi connectivity index (χ2v) is 4.34. The lowest BCUT2D eigenvalue weighted by Crippen LogP contribution is -2.16. The minimum absolute atomic E-state index is 0.279. The molecule has 76 valence electrons. The Morgan fingerprint density at radius 2 is 2.50 bits per heavy atom. The van der Waals surface area contributed by atoms with Crippen LogP contribution in [0, 0.1) is 0 Å². The predicted molar refractivity (Wildman–Crippen MR) is 54.1 cm³/mol. The Balaban J connectivity index is 2.21. The Bertz CT molecular complexity index is 326. The van der Waals surface area contributed by atoms with Gasteiger partial charge in [0.1, 0.15) is 4.88 Å². The van der Waals surface area contributed by atoms with E-state index in [9.17, 15) is 4.79 Å². The highest BCUT2D eigenvalue weighted by molar-refractivity contribution is 7.12. The second kappa shape index (κ2) is 4.11. The first kappa shape index (κ1) is 9.68. The van der Waals surface area contributed by atoms with E-state index in [2.05, 4.69) is 0 Å². The fourth-order valence-corrected chi connectivity index (χ4v) is 2.62. The van der Waals surface area contributed by atoms with Crippen molar-refractivity contribution in [1.82, 2.24) is 0 Å². The van der Waals surface area contributed by atoms with Gasteiger partial charge in [0.2, 0.25) is 0 Å². The van der Waals surface area contributed by atoms with Crippen molar-refractivity contribution in [2.45, 2.75) is 18.8 Å². The molecule has 1 aromatic heterocycles. The molecular weight excluding hydrogens is 200 g/mol. The van der Waals surface area contributed by atoms with Gasteiger partial charge < -0.3 is 9.84 Å². The van der Waals surface area contributed by atoms with Gasteiger partial charge in [0.05, 0.1) is 6.61 Å². The number of carbonyl (C=O) groups is 1. The molecule has 2 rings (SSSR count). The summed E-state index contributed by atoms with van der Waals surface area (Å²) in [4.78, 5) is 11.4. The van der Waals surface area contributed by atoms with Crippen LogP contribution in [0.5, 0.6) is 0 Å². The van der Waals surface area contributed by atoms with Gasteiger partial charge in [-0.15, -0.1) is 11.3 Å². The molecule has 0 radical (unpaired) electrons. The Kier molecular flexibility index (Phi) is 2.84. The van der Waals surface area contributed by atoms with E-state index >= 15 is 0 Å². The fourth-order valence-electron chi connectivity index (χ4n) is 1.80. The minimum Gasteiger partial charge on any atom is -0.477 e. The summed E-state index contributed by atoms with van der Waals surface area (Å²) in [5, 5.41) is 10.8. The molecule has 1 aromatic rings. The van der Waals surface area contributed by atoms with Crippen molar-refractivity contribution in [3.05, 3.63) is 21.9 Å². The summed E-state index contributed by atoms with van der Waals surface area (Å²) < 4.78 is 5.35. The third-order valence-corrected chi connectivity index (χ3v) is 3.41. The molecule has 1 fully saturated rings. The smallest absolute Gasteiger partial charge is 0.346 e. The van der Waals surface area contributed by atoms with Crippen LogP contribution in [-0.4, -0.2) is 24.3 Å². The lowest BCUT2D eigenvalue weighted by molar-refractivity contribution is 0.0687. The lowest BCUT2D eigenvalue weighted by Gasteiger charge is -2.21. The van der Waals surface area contributed by atoms with Gasteiger partial charge in [0, 0.05) is 12.5 Å². The number of rotatable bonds is 2. The Morgan fingerprint density at radius 1 is 1.64 bits per heavy atom. The first-order valence-electron chi connectivity index (χ1n) is 4.67. The molecule has 3 nitrogen and oxygen atoms in total. The quantitative estimate of drug-likeness (QED) is 0.818. The number of hydrogen-bond donors (Lipinski definition) is 1. The largest absolute Gasteiger partial charge is 0.477 e. The van der Waals surface area contributed by atoms with E-state index in [4.69, 9.17) is 9.84 Å². The van der Waals surface area contributed by atoms with E-state index in [0.29, 0.717) is 11.5 Å². The Hall–Kier alpha value is -0.870. The van der Waals surface area contributed by atoms with Crippen molar-refractivity contribution < 1.29 is 14.6 Å². The maximum absolute atomic E-state index is 10.9. The summed E-state index contributed by atoms with van der Waals surface area (Å²) >= 11 is 1.30. The van der Waals surface area contributed by atoms with Crippen LogP contribution in [-0.2, 0) is 4.74 Å². The summed E-state index contributed by atoms with van der Waals surface area (Å²) in [5.74, 6) is -0.540. The van der Waals surface area contributed by atoms with Crippen LogP contribution in [0.3, 0.4) is 0 Å². The topological polar surface area (TPSA) is 46.5 Å². The van der Waals surface area contributed by atoms with Crippen LogP contribution < -0.4 is 0 Å². The molecule has 14 heavy (non-hydrogen) atoms. The third kappa shape index (κ3) is 1.81. The first-order chi connectivity index (χ1) is 6.79. The van der Waals surface area contributed by atoms with Crippen molar-refractivity contribution in [1.29, 1.82) is 0 Å². The molecule has 1 aliphatic rings. The number of carboxylic acid groups (broad SMARTS) is 1. The van der Waals surface area contributed by atoms with Crippen LogP contribution in [0.1, 0.15) is 34.0 Å². The van der Waals surface area contributed by atoms with Gasteiger partial charge in [-0.25, -0.2) is 4.79 Å². The van der Waals surface area contributed by atoms with E-state index in [1.54, 1.807) is 0 Å². The normalized spacial score (nSPS) is 22.1. The van der Waals surface area contributed by atoms with E-state index < -0.39 is 5.97 Å². The highest BCUT2D eigenvalue weighted by atomic mass is 32.1. The SMILES string of the molecule is O=C(O)c1sccc1C1CCCOC1. The molecule has 1 atom stereocenters. The molecule has 0 saturated carbocycles. The summed E-state index contributed by atoms with van der Waals surface area (Å²) in [6.45, 7) is 1.47. The van der Waals surface area contributed by atoms with E-state index in [1.807, 2.05) is 11.4 Å². The average Bonchev–Trinajstić information content (AvgIpc) is 2.67. The Labute approximate surface area is 86.3 Å². The van der Waals surface area contributed by atoms with Gasteiger partial charge in [0.25, 0.3) is 0 Å². The molecule has 0 aromatic carbocycles. The molecule has 0 bridgehead atoms. The zero-order valence-corrected chi connectivity index (χ0v) is 8.55. The first-order valence-corrected chi connectivity index (χ1v) is 5.55. The Morgan fingerprint density at radius 3 is 3.14 bits per heavy atom. The average molecular weight is 212 g/mol. The summed E-state index contributed by atoms with van der Waals surface area (Å²) in [5.41, 5.74) is 0.946. The molecule has 1 saturated heterocycles. The molecule has 4 heteroatoms. The van der Waals surface area contributed by atoms with Crippen molar-refractivity contribution in [2.24, 2.45) is 0 Å². The lowest BCUT2D eigenvalue weighted by atomic mass is 9.94. The summed E-state index contributed by atoms with van der Waals surface area (Å²) in [6, 6.07) is 1.91. The van der Waals surface area contributed by atoms with Gasteiger partial charge in [0.15, 0.2) is 0 Å². The number of thiophene rings is 1. The van der Waals surface area contributed by atoms with Crippen LogP contribution in [0.15, 0.2) is 11.4 Å². The van der Waals surface area contributed by atoms with Crippen LogP contribution in [0.4, 0.5) is 0 Å². The van der Waals surface area contributed by atoms with Crippen molar-refractivity contribution in [3.8, 4) is 0 Å². The maximum atomic E-state index is 10.9. The van der Waals surface area contributed by atoms with Crippen molar-refractivity contribution in [3.63, 3.8) is 0 Å². The molecule has 0 aliphatic carbocycles. The summed E-state index contributed by atoms with van der Waals surface area (Å²) in [6.07, 6.45) is 2.07. The highest BCUT2D eigenvalue weighted by Crippen LogP contribution is 2.30. The molecular formula is C10H12O3S. The molecule has 1 unspecified atom stereocenters. The standard InChI is InChI=1S/C10H12O3S/c11-10(12)9-8(3-5-14-9)7-2-1-4-13-6-7/h3,5,7H,1-2,4,6H2,(H,11,12). The zero-order valence-electron chi connectivity index (χ0n) is 7.73. The zero-order chi connectivity index (χ0) is 9.97. The van der Waals surface area contributed by atoms with E-state index in [1.165, 1.54) is 11.3 Å². The highest BCUT2D eigenvalue weighted by Gasteiger charge is 2.22. The molecule has 2 heterocycles. The van der Waals surface area contributed by atoms with Gasteiger partial charge >= 0.3 is 5.97 Å². The minimum atomic E-state index is -0.819. The van der Waals surface area contributed by atoms with Gasteiger partial charge in [-0.1, -0.05) is 0 Å². The van der Waals surface area contributed by atoms with Gasteiger partial charge in [-0.05, 0) is 29.9 Å². The monoisotopic (exact) mass is 212 g/mol. The molecule has 1 N–H and O–H groups in total. The molecule has 0 amide bonds. The van der Waals surface area contributed by atoms with Gasteiger partial charge in [-0.2, -0.15) is 0 Å². The van der Waals surface area contributed by atoms with Crippen molar-refractivity contribution in [2.75, 3.05) is 13.2 Å². The maximum Gasteiger partial charge on any atom is 0.346 e. The van der Waals surface area contributed by atoms with Crippen LogP contribution >= 0.6 is 11.3 Å². The number of carboxylic acids is 1. The second-order valence-electron chi connectivity index (χ2n) is 3.42. The number of hydrogen-bond acceptors (Lipinski definition) is 3.